The zero-order chi connectivity index (χ0) is 22.4. The van der Waals surface area contributed by atoms with Gasteiger partial charge in [0, 0.05) is 30.4 Å². The fourth-order valence-electron chi connectivity index (χ4n) is 2.96. The van der Waals surface area contributed by atoms with Crippen molar-refractivity contribution >= 4 is 44.8 Å². The molecule has 0 unspecified atom stereocenters. The molecule has 0 saturated carbocycles. The van der Waals surface area contributed by atoms with Crippen LogP contribution in [0.25, 0.3) is 0 Å². The highest BCUT2D eigenvalue weighted by Crippen LogP contribution is 2.29. The second kappa shape index (κ2) is 10.1. The molecule has 1 N–H and O–H groups in total. The Balaban J connectivity index is 1.71. The fourth-order valence-corrected chi connectivity index (χ4v) is 4.21. The van der Waals surface area contributed by atoms with Gasteiger partial charge in [-0.2, -0.15) is 0 Å². The molecule has 0 saturated heterocycles. The van der Waals surface area contributed by atoms with Gasteiger partial charge in [-0.1, -0.05) is 41.4 Å². The van der Waals surface area contributed by atoms with Gasteiger partial charge in [-0.15, -0.1) is 0 Å². The molecule has 1 amide bonds. The van der Waals surface area contributed by atoms with E-state index in [4.69, 9.17) is 23.2 Å². The lowest BCUT2D eigenvalue weighted by Gasteiger charge is -2.23. The Hall–Kier alpha value is -2.61. The van der Waals surface area contributed by atoms with Crippen LogP contribution in [0.4, 0.5) is 5.69 Å². The molecule has 0 aliphatic carbocycles. The zero-order valence-electron chi connectivity index (χ0n) is 16.8. The standard InChI is InChI=1S/C22H21Cl2N3O3S/c1-31(29,30)27(15-17-5-4-7-20(23)21(17)24)19-10-8-16(9-11-19)22(28)26-14-12-18-6-2-3-13-25-18/h2-11,13H,12,14-15H2,1H3,(H,26,28). The van der Waals surface area contributed by atoms with Crippen LogP contribution in [0.15, 0.2) is 66.9 Å². The summed E-state index contributed by atoms with van der Waals surface area (Å²) in [6.07, 6.45) is 3.44. The third-order valence-electron chi connectivity index (χ3n) is 4.56. The number of amides is 1. The molecule has 0 atom stereocenters. The van der Waals surface area contributed by atoms with Gasteiger partial charge < -0.3 is 5.32 Å². The van der Waals surface area contributed by atoms with Crippen molar-refractivity contribution in [3.8, 4) is 0 Å². The van der Waals surface area contributed by atoms with E-state index in [0.29, 0.717) is 39.8 Å². The molecule has 0 spiro atoms. The predicted octanol–water partition coefficient (Wildman–Crippen LogP) is 4.33. The number of nitrogens with zero attached hydrogens (tertiary/aromatic N) is 2. The normalized spacial score (nSPS) is 11.2. The molecular formula is C22H21Cl2N3O3S. The molecule has 2 aromatic carbocycles. The van der Waals surface area contributed by atoms with Crippen LogP contribution in [0.3, 0.4) is 0 Å². The summed E-state index contributed by atoms with van der Waals surface area (Å²) >= 11 is 12.3. The van der Waals surface area contributed by atoms with Crippen molar-refractivity contribution in [3.63, 3.8) is 0 Å². The molecule has 3 rings (SSSR count). The Morgan fingerprint density at radius 2 is 1.77 bits per heavy atom. The molecular weight excluding hydrogens is 457 g/mol. The Morgan fingerprint density at radius 3 is 2.42 bits per heavy atom. The first-order valence-corrected chi connectivity index (χ1v) is 12.0. The molecule has 0 aliphatic rings. The summed E-state index contributed by atoms with van der Waals surface area (Å²) in [5, 5.41) is 3.50. The number of aromatic nitrogens is 1. The number of pyridine rings is 1. The predicted molar refractivity (Wildman–Crippen MR) is 124 cm³/mol. The summed E-state index contributed by atoms with van der Waals surface area (Å²) in [6.45, 7) is 0.466. The first-order valence-electron chi connectivity index (χ1n) is 9.44. The van der Waals surface area contributed by atoms with Crippen LogP contribution in [-0.2, 0) is 23.0 Å². The van der Waals surface area contributed by atoms with Crippen LogP contribution in [0, 0.1) is 0 Å². The van der Waals surface area contributed by atoms with E-state index in [1.54, 1.807) is 48.7 Å². The summed E-state index contributed by atoms with van der Waals surface area (Å²) in [6, 6.07) is 17.0. The zero-order valence-corrected chi connectivity index (χ0v) is 19.1. The third-order valence-corrected chi connectivity index (χ3v) is 6.55. The summed E-state index contributed by atoms with van der Waals surface area (Å²) in [5.74, 6) is -0.244. The minimum absolute atomic E-state index is 0.0217. The Bertz CT molecular complexity index is 1150. The molecule has 0 aliphatic heterocycles. The van der Waals surface area contributed by atoms with Gasteiger partial charge in [-0.05, 0) is 48.0 Å². The molecule has 0 bridgehead atoms. The van der Waals surface area contributed by atoms with Crippen LogP contribution in [-0.4, -0.2) is 32.1 Å². The SMILES string of the molecule is CS(=O)(=O)N(Cc1cccc(Cl)c1Cl)c1ccc(C(=O)NCCc2ccccn2)cc1. The van der Waals surface area contributed by atoms with Crippen molar-refractivity contribution in [2.75, 3.05) is 17.1 Å². The maximum atomic E-state index is 12.4. The molecule has 0 radical (unpaired) electrons. The number of nitrogens with one attached hydrogen (secondary N) is 1. The van der Waals surface area contributed by atoms with Crippen LogP contribution < -0.4 is 9.62 Å². The average Bonchev–Trinajstić information content (AvgIpc) is 2.75. The lowest BCUT2D eigenvalue weighted by atomic mass is 10.1. The van der Waals surface area contributed by atoms with E-state index in [2.05, 4.69) is 10.3 Å². The van der Waals surface area contributed by atoms with Crippen molar-refractivity contribution in [3.05, 3.63) is 93.7 Å². The van der Waals surface area contributed by atoms with Crippen molar-refractivity contribution < 1.29 is 13.2 Å². The quantitative estimate of drug-likeness (QED) is 0.523. The first-order chi connectivity index (χ1) is 14.8. The van der Waals surface area contributed by atoms with Gasteiger partial charge in [-0.3, -0.25) is 14.1 Å². The van der Waals surface area contributed by atoms with Crippen molar-refractivity contribution in [1.82, 2.24) is 10.3 Å². The van der Waals surface area contributed by atoms with Gasteiger partial charge in [0.1, 0.15) is 0 Å². The maximum Gasteiger partial charge on any atom is 0.251 e. The molecule has 31 heavy (non-hydrogen) atoms. The summed E-state index contributed by atoms with van der Waals surface area (Å²) < 4.78 is 26.0. The second-order valence-corrected chi connectivity index (χ2v) is 9.55. The van der Waals surface area contributed by atoms with Gasteiger partial charge in [0.05, 0.1) is 28.5 Å². The topological polar surface area (TPSA) is 79.4 Å². The Morgan fingerprint density at radius 1 is 1.03 bits per heavy atom. The van der Waals surface area contributed by atoms with Gasteiger partial charge in [-0.25, -0.2) is 8.42 Å². The average molecular weight is 478 g/mol. The lowest BCUT2D eigenvalue weighted by Crippen LogP contribution is -2.30. The smallest absolute Gasteiger partial charge is 0.251 e. The van der Waals surface area contributed by atoms with E-state index >= 15 is 0 Å². The van der Waals surface area contributed by atoms with Crippen molar-refractivity contribution in [2.45, 2.75) is 13.0 Å². The Labute approximate surface area is 191 Å². The van der Waals surface area contributed by atoms with Crippen LogP contribution in [0.5, 0.6) is 0 Å². The number of hydrogen-bond acceptors (Lipinski definition) is 4. The number of benzene rings is 2. The molecule has 1 heterocycles. The Kier molecular flexibility index (Phi) is 7.54. The third kappa shape index (κ3) is 6.19. The number of anilines is 1. The first kappa shape index (κ1) is 23.1. The monoisotopic (exact) mass is 477 g/mol. The molecule has 3 aromatic rings. The van der Waals surface area contributed by atoms with Gasteiger partial charge >= 0.3 is 0 Å². The minimum Gasteiger partial charge on any atom is -0.352 e. The molecule has 1 aromatic heterocycles. The van der Waals surface area contributed by atoms with Crippen LogP contribution in [0.2, 0.25) is 10.0 Å². The lowest BCUT2D eigenvalue weighted by molar-refractivity contribution is 0.0954. The minimum atomic E-state index is -3.60. The molecule has 9 heteroatoms. The number of carbonyl (C=O) groups excluding carboxylic acids is 1. The largest absolute Gasteiger partial charge is 0.352 e. The van der Waals surface area contributed by atoms with E-state index in [0.717, 1.165) is 11.9 Å². The molecule has 162 valence electrons. The van der Waals surface area contributed by atoms with Gasteiger partial charge in [0.15, 0.2) is 0 Å². The molecule has 6 nitrogen and oxygen atoms in total. The van der Waals surface area contributed by atoms with E-state index in [1.807, 2.05) is 18.2 Å². The van der Waals surface area contributed by atoms with Crippen molar-refractivity contribution in [2.24, 2.45) is 0 Å². The number of rotatable bonds is 8. The van der Waals surface area contributed by atoms with E-state index < -0.39 is 10.0 Å². The summed E-state index contributed by atoms with van der Waals surface area (Å²) in [7, 11) is -3.60. The number of carbonyl (C=O) groups is 1. The number of sulfonamides is 1. The highest BCUT2D eigenvalue weighted by Gasteiger charge is 2.20. The van der Waals surface area contributed by atoms with E-state index in [-0.39, 0.29) is 12.5 Å². The molecule has 0 fully saturated rings. The maximum absolute atomic E-state index is 12.4. The summed E-state index contributed by atoms with van der Waals surface area (Å²) in [4.78, 5) is 16.6. The summed E-state index contributed by atoms with van der Waals surface area (Å²) in [5.41, 5.74) is 2.32. The highest BCUT2D eigenvalue weighted by atomic mass is 35.5. The van der Waals surface area contributed by atoms with E-state index in [9.17, 15) is 13.2 Å². The second-order valence-electron chi connectivity index (χ2n) is 6.86. The van der Waals surface area contributed by atoms with E-state index in [1.165, 1.54) is 4.31 Å². The van der Waals surface area contributed by atoms with Crippen LogP contribution in [0.1, 0.15) is 21.6 Å². The fraction of sp³-hybridized carbons (Fsp3) is 0.182. The van der Waals surface area contributed by atoms with Crippen LogP contribution >= 0.6 is 23.2 Å². The number of hydrogen-bond donors (Lipinski definition) is 1. The number of halogens is 2. The van der Waals surface area contributed by atoms with Gasteiger partial charge in [0.2, 0.25) is 10.0 Å². The van der Waals surface area contributed by atoms with Crippen molar-refractivity contribution in [1.29, 1.82) is 0 Å². The van der Waals surface area contributed by atoms with Gasteiger partial charge in [0.25, 0.3) is 5.91 Å². The highest BCUT2D eigenvalue weighted by molar-refractivity contribution is 7.92.